The van der Waals surface area contributed by atoms with E-state index in [0.29, 0.717) is 0 Å². The number of aryl methyl sites for hydroxylation is 3. The van der Waals surface area contributed by atoms with Crippen molar-refractivity contribution < 1.29 is 0 Å². The minimum atomic E-state index is 0.808. The van der Waals surface area contributed by atoms with Crippen LogP contribution in [0.1, 0.15) is 34.5 Å². The molecular weight excluding hydrogens is 342 g/mol. The van der Waals surface area contributed by atoms with Crippen molar-refractivity contribution in [1.82, 2.24) is 15.0 Å². The van der Waals surface area contributed by atoms with Crippen molar-refractivity contribution in [2.75, 3.05) is 5.43 Å². The van der Waals surface area contributed by atoms with Crippen molar-refractivity contribution >= 4 is 44.5 Å². The van der Waals surface area contributed by atoms with Gasteiger partial charge in [-0.25, -0.2) is 9.97 Å². The standard InChI is InChI=1S/C20H19N5S/c1-12-15(13-6-2-4-8-16(13)24-12)10-23-25-19-18-14-7-3-5-9-17(14)26-20(18)22-11-21-19/h2,4,6,8,10-11,24H,3,5,7,9H2,1H3,(H,21,22,25). The van der Waals surface area contributed by atoms with Crippen LogP contribution in [0.15, 0.2) is 35.7 Å². The lowest BCUT2D eigenvalue weighted by atomic mass is 9.97. The van der Waals surface area contributed by atoms with Gasteiger partial charge in [0.25, 0.3) is 0 Å². The Kier molecular flexibility index (Phi) is 3.71. The molecule has 1 aromatic carbocycles. The molecule has 3 aromatic heterocycles. The zero-order valence-electron chi connectivity index (χ0n) is 14.5. The summed E-state index contributed by atoms with van der Waals surface area (Å²) < 4.78 is 0. The molecule has 26 heavy (non-hydrogen) atoms. The van der Waals surface area contributed by atoms with E-state index in [1.54, 1.807) is 17.7 Å². The van der Waals surface area contributed by atoms with Crippen molar-refractivity contribution in [3.63, 3.8) is 0 Å². The normalized spacial score (nSPS) is 14.3. The molecule has 3 heterocycles. The summed E-state index contributed by atoms with van der Waals surface area (Å²) in [5.41, 5.74) is 7.92. The molecule has 5 rings (SSSR count). The van der Waals surface area contributed by atoms with Gasteiger partial charge in [-0.1, -0.05) is 18.2 Å². The van der Waals surface area contributed by atoms with E-state index in [0.717, 1.165) is 45.7 Å². The molecule has 0 spiro atoms. The molecule has 5 nitrogen and oxygen atoms in total. The first-order chi connectivity index (χ1) is 12.8. The third-order valence-electron chi connectivity index (χ3n) is 5.06. The third kappa shape index (κ3) is 2.49. The number of hydrazone groups is 1. The van der Waals surface area contributed by atoms with Crippen molar-refractivity contribution in [2.45, 2.75) is 32.6 Å². The molecule has 1 aliphatic carbocycles. The average Bonchev–Trinajstić information content (AvgIpc) is 3.20. The van der Waals surface area contributed by atoms with Gasteiger partial charge in [0.2, 0.25) is 0 Å². The summed E-state index contributed by atoms with van der Waals surface area (Å²) in [7, 11) is 0. The van der Waals surface area contributed by atoms with Gasteiger partial charge >= 0.3 is 0 Å². The SMILES string of the molecule is Cc1[nH]c2ccccc2c1C=NNc1ncnc2sc3c(c12)CCCC3. The van der Waals surface area contributed by atoms with E-state index in [2.05, 4.69) is 44.5 Å². The van der Waals surface area contributed by atoms with Crippen LogP contribution in [0.4, 0.5) is 5.82 Å². The zero-order chi connectivity index (χ0) is 17.5. The van der Waals surface area contributed by atoms with E-state index in [1.807, 2.05) is 18.3 Å². The van der Waals surface area contributed by atoms with Crippen LogP contribution in [-0.2, 0) is 12.8 Å². The summed E-state index contributed by atoms with van der Waals surface area (Å²) in [5.74, 6) is 0.808. The van der Waals surface area contributed by atoms with E-state index in [9.17, 15) is 0 Å². The van der Waals surface area contributed by atoms with Gasteiger partial charge in [-0.15, -0.1) is 11.3 Å². The van der Waals surface area contributed by atoms with Gasteiger partial charge in [0.05, 0.1) is 11.6 Å². The predicted octanol–water partition coefficient (Wildman–Crippen LogP) is 4.81. The highest BCUT2D eigenvalue weighted by Crippen LogP contribution is 2.38. The molecule has 2 N–H and O–H groups in total. The number of aromatic nitrogens is 3. The Labute approximate surface area is 155 Å². The minimum absolute atomic E-state index is 0.808. The molecule has 0 saturated carbocycles. The largest absolute Gasteiger partial charge is 0.358 e. The summed E-state index contributed by atoms with van der Waals surface area (Å²) in [6.07, 6.45) is 8.29. The number of nitrogens with zero attached hydrogens (tertiary/aromatic N) is 3. The lowest BCUT2D eigenvalue weighted by Crippen LogP contribution is -2.01. The van der Waals surface area contributed by atoms with Crippen molar-refractivity contribution in [3.8, 4) is 0 Å². The fourth-order valence-corrected chi connectivity index (χ4v) is 5.03. The van der Waals surface area contributed by atoms with Crippen LogP contribution in [0, 0.1) is 6.92 Å². The number of fused-ring (bicyclic) bond motifs is 4. The minimum Gasteiger partial charge on any atom is -0.358 e. The first-order valence-corrected chi connectivity index (χ1v) is 9.74. The van der Waals surface area contributed by atoms with E-state index < -0.39 is 0 Å². The van der Waals surface area contributed by atoms with Crippen molar-refractivity contribution in [2.24, 2.45) is 5.10 Å². The fraction of sp³-hybridized carbons (Fsp3) is 0.250. The summed E-state index contributed by atoms with van der Waals surface area (Å²) >= 11 is 1.80. The third-order valence-corrected chi connectivity index (χ3v) is 6.26. The van der Waals surface area contributed by atoms with Crippen LogP contribution in [0.5, 0.6) is 0 Å². The quantitative estimate of drug-likeness (QED) is 0.407. The van der Waals surface area contributed by atoms with Gasteiger partial charge in [0.15, 0.2) is 5.82 Å². The van der Waals surface area contributed by atoms with Gasteiger partial charge < -0.3 is 4.98 Å². The van der Waals surface area contributed by atoms with E-state index in [-0.39, 0.29) is 0 Å². The maximum absolute atomic E-state index is 4.49. The van der Waals surface area contributed by atoms with Gasteiger partial charge in [0.1, 0.15) is 11.2 Å². The zero-order valence-corrected chi connectivity index (χ0v) is 15.4. The number of benzene rings is 1. The molecule has 1 aliphatic rings. The molecule has 0 fully saturated rings. The van der Waals surface area contributed by atoms with Gasteiger partial charge in [-0.2, -0.15) is 5.10 Å². The van der Waals surface area contributed by atoms with Crippen LogP contribution >= 0.6 is 11.3 Å². The number of anilines is 1. The Morgan fingerprint density at radius 3 is 3.04 bits per heavy atom. The first-order valence-electron chi connectivity index (χ1n) is 8.93. The lowest BCUT2D eigenvalue weighted by Gasteiger charge is -2.11. The molecule has 0 aliphatic heterocycles. The maximum atomic E-state index is 4.49. The highest BCUT2D eigenvalue weighted by Gasteiger charge is 2.19. The molecule has 0 bridgehead atoms. The van der Waals surface area contributed by atoms with E-state index in [4.69, 9.17) is 0 Å². The Hall–Kier alpha value is -2.73. The van der Waals surface area contributed by atoms with Crippen LogP contribution in [-0.4, -0.2) is 21.2 Å². The average molecular weight is 361 g/mol. The number of para-hydroxylation sites is 1. The van der Waals surface area contributed by atoms with Crippen LogP contribution in [0.3, 0.4) is 0 Å². The number of rotatable bonds is 3. The second kappa shape index (κ2) is 6.21. The second-order valence-corrected chi connectivity index (χ2v) is 7.78. The Bertz CT molecular complexity index is 1140. The fourth-order valence-electron chi connectivity index (χ4n) is 3.80. The Balaban J connectivity index is 1.51. The van der Waals surface area contributed by atoms with Crippen molar-refractivity contribution in [3.05, 3.63) is 52.3 Å². The van der Waals surface area contributed by atoms with Gasteiger partial charge in [0, 0.05) is 27.0 Å². The van der Waals surface area contributed by atoms with Gasteiger partial charge in [-0.3, -0.25) is 5.43 Å². The van der Waals surface area contributed by atoms with Crippen LogP contribution in [0.25, 0.3) is 21.1 Å². The van der Waals surface area contributed by atoms with Gasteiger partial charge in [-0.05, 0) is 44.2 Å². The first kappa shape index (κ1) is 15.5. The molecule has 0 radical (unpaired) electrons. The van der Waals surface area contributed by atoms with Crippen LogP contribution < -0.4 is 5.43 Å². The topological polar surface area (TPSA) is 66.0 Å². The predicted molar refractivity (Wildman–Crippen MR) is 108 cm³/mol. The van der Waals surface area contributed by atoms with Crippen LogP contribution in [0.2, 0.25) is 0 Å². The summed E-state index contributed by atoms with van der Waals surface area (Å²) in [4.78, 5) is 14.9. The molecule has 130 valence electrons. The summed E-state index contributed by atoms with van der Waals surface area (Å²) in [5, 5.41) is 6.82. The monoisotopic (exact) mass is 361 g/mol. The lowest BCUT2D eigenvalue weighted by molar-refractivity contribution is 0.700. The molecule has 4 aromatic rings. The number of nitrogens with one attached hydrogen (secondary N) is 2. The summed E-state index contributed by atoms with van der Waals surface area (Å²) in [6, 6.07) is 8.28. The van der Waals surface area contributed by atoms with E-state index >= 15 is 0 Å². The molecule has 0 amide bonds. The number of thiophene rings is 1. The number of aromatic amines is 1. The summed E-state index contributed by atoms with van der Waals surface area (Å²) in [6.45, 7) is 2.07. The highest BCUT2D eigenvalue weighted by atomic mass is 32.1. The smallest absolute Gasteiger partial charge is 0.158 e. The highest BCUT2D eigenvalue weighted by molar-refractivity contribution is 7.19. The maximum Gasteiger partial charge on any atom is 0.158 e. The number of H-pyrrole nitrogens is 1. The molecule has 0 unspecified atom stereocenters. The Morgan fingerprint density at radius 1 is 1.19 bits per heavy atom. The molecule has 6 heteroatoms. The molecule has 0 atom stereocenters. The number of hydrogen-bond donors (Lipinski definition) is 2. The molecule has 0 saturated heterocycles. The Morgan fingerprint density at radius 2 is 2.08 bits per heavy atom. The molecular formula is C20H19N5S. The number of hydrogen-bond acceptors (Lipinski definition) is 5. The van der Waals surface area contributed by atoms with E-state index in [1.165, 1.54) is 28.7 Å². The van der Waals surface area contributed by atoms with Crippen molar-refractivity contribution in [1.29, 1.82) is 0 Å². The second-order valence-electron chi connectivity index (χ2n) is 6.69.